The van der Waals surface area contributed by atoms with E-state index in [0.717, 1.165) is 42.4 Å². The molecule has 3 fully saturated rings. The Morgan fingerprint density at radius 2 is 1.70 bits per heavy atom. The standard InChI is InChI=1S/C29H48O/c1-7-21(19(2)3)9-8-20(4)25-12-13-26-24-11-10-22-18-23(30)14-16-28(22,5)27(24)15-17-29(25,26)6/h8-9,11,19-23,25-27,30H,7,10,12-18H2,1-6H3/b9-8+/t20-,21-,22+,23-,25-,26-,27+,28+,29-/m1/s1. The summed E-state index contributed by atoms with van der Waals surface area (Å²) in [7, 11) is 0. The van der Waals surface area contributed by atoms with E-state index in [0.29, 0.717) is 22.7 Å². The Bertz CT molecular complexity index is 674. The van der Waals surface area contributed by atoms with Gasteiger partial charge < -0.3 is 5.11 Å². The van der Waals surface area contributed by atoms with E-state index in [1.165, 1.54) is 44.9 Å². The van der Waals surface area contributed by atoms with Crippen LogP contribution in [0.15, 0.2) is 23.8 Å². The Hall–Kier alpha value is -0.560. The fourth-order valence-electron chi connectivity index (χ4n) is 8.68. The first kappa shape index (κ1) is 22.6. The van der Waals surface area contributed by atoms with E-state index >= 15 is 0 Å². The molecule has 0 aromatic carbocycles. The van der Waals surface area contributed by atoms with Gasteiger partial charge in [0.05, 0.1) is 6.10 Å². The number of rotatable bonds is 5. The van der Waals surface area contributed by atoms with Gasteiger partial charge in [-0.2, -0.15) is 0 Å². The number of hydrogen-bond donors (Lipinski definition) is 1. The van der Waals surface area contributed by atoms with Crippen molar-refractivity contribution in [3.8, 4) is 0 Å². The largest absolute Gasteiger partial charge is 0.393 e. The molecule has 4 aliphatic carbocycles. The molecule has 30 heavy (non-hydrogen) atoms. The van der Waals surface area contributed by atoms with Crippen LogP contribution in [-0.2, 0) is 0 Å². The monoisotopic (exact) mass is 412 g/mol. The Morgan fingerprint density at radius 3 is 2.40 bits per heavy atom. The molecule has 170 valence electrons. The van der Waals surface area contributed by atoms with Gasteiger partial charge in [-0.15, -0.1) is 0 Å². The maximum absolute atomic E-state index is 10.3. The summed E-state index contributed by atoms with van der Waals surface area (Å²) >= 11 is 0. The summed E-state index contributed by atoms with van der Waals surface area (Å²) in [5, 5.41) is 10.3. The molecular formula is C29H48O. The molecule has 0 aromatic heterocycles. The predicted octanol–water partition coefficient (Wildman–Crippen LogP) is 7.80. The molecule has 3 saturated carbocycles. The summed E-state index contributed by atoms with van der Waals surface area (Å²) in [6.07, 6.45) is 19.2. The van der Waals surface area contributed by atoms with Crippen molar-refractivity contribution in [2.24, 2.45) is 52.3 Å². The molecule has 1 N–H and O–H groups in total. The minimum Gasteiger partial charge on any atom is -0.393 e. The molecule has 0 spiro atoms. The van der Waals surface area contributed by atoms with Crippen LogP contribution in [0.3, 0.4) is 0 Å². The lowest BCUT2D eigenvalue weighted by molar-refractivity contribution is -0.0414. The summed E-state index contributed by atoms with van der Waals surface area (Å²) < 4.78 is 0. The lowest BCUT2D eigenvalue weighted by Gasteiger charge is -2.57. The Labute approximate surface area is 186 Å². The molecule has 0 aliphatic heterocycles. The molecule has 4 rings (SSSR count). The van der Waals surface area contributed by atoms with Crippen LogP contribution in [0.2, 0.25) is 0 Å². The number of aliphatic hydroxyl groups excluding tert-OH is 1. The maximum atomic E-state index is 10.3. The summed E-state index contributed by atoms with van der Waals surface area (Å²) in [6.45, 7) is 14.8. The van der Waals surface area contributed by atoms with Crippen LogP contribution in [0.5, 0.6) is 0 Å². The topological polar surface area (TPSA) is 20.2 Å². The zero-order valence-electron chi connectivity index (χ0n) is 20.7. The average molecular weight is 413 g/mol. The number of aliphatic hydroxyl groups is 1. The van der Waals surface area contributed by atoms with Crippen LogP contribution in [0.4, 0.5) is 0 Å². The van der Waals surface area contributed by atoms with Gasteiger partial charge in [0.1, 0.15) is 0 Å². The highest BCUT2D eigenvalue weighted by molar-refractivity contribution is 5.28. The zero-order valence-corrected chi connectivity index (χ0v) is 20.7. The fraction of sp³-hybridized carbons (Fsp3) is 0.862. The SMILES string of the molecule is CC[C@H](/C=C/[C@@H](C)[C@H]1CC[C@@H]2C3=CC[C@H]4C[C@H](O)CC[C@]4(C)[C@H]3CC[C@@]21C)C(C)C. The second kappa shape index (κ2) is 8.42. The van der Waals surface area contributed by atoms with E-state index in [1.54, 1.807) is 0 Å². The third-order valence-corrected chi connectivity index (χ3v) is 10.7. The van der Waals surface area contributed by atoms with Gasteiger partial charge in [-0.25, -0.2) is 0 Å². The van der Waals surface area contributed by atoms with Crippen LogP contribution in [0, 0.1) is 52.3 Å². The molecular weight excluding hydrogens is 364 g/mol. The lowest BCUT2D eigenvalue weighted by atomic mass is 9.47. The third kappa shape index (κ3) is 3.66. The third-order valence-electron chi connectivity index (χ3n) is 10.7. The Kier molecular flexibility index (Phi) is 6.35. The van der Waals surface area contributed by atoms with E-state index in [-0.39, 0.29) is 6.10 Å². The molecule has 0 heterocycles. The van der Waals surface area contributed by atoms with E-state index in [4.69, 9.17) is 0 Å². The molecule has 0 unspecified atom stereocenters. The Balaban J connectivity index is 1.53. The fourth-order valence-corrected chi connectivity index (χ4v) is 8.68. The molecule has 0 radical (unpaired) electrons. The van der Waals surface area contributed by atoms with Crippen LogP contribution < -0.4 is 0 Å². The quantitative estimate of drug-likeness (QED) is 0.457. The molecule has 0 aromatic rings. The smallest absolute Gasteiger partial charge is 0.0543 e. The highest BCUT2D eigenvalue weighted by Crippen LogP contribution is 2.66. The van der Waals surface area contributed by atoms with Crippen LogP contribution in [-0.4, -0.2) is 11.2 Å². The van der Waals surface area contributed by atoms with Crippen LogP contribution in [0.25, 0.3) is 0 Å². The summed E-state index contributed by atoms with van der Waals surface area (Å²) in [5.41, 5.74) is 2.79. The van der Waals surface area contributed by atoms with E-state index in [2.05, 4.69) is 59.8 Å². The maximum Gasteiger partial charge on any atom is 0.0543 e. The van der Waals surface area contributed by atoms with Crippen molar-refractivity contribution in [1.82, 2.24) is 0 Å². The van der Waals surface area contributed by atoms with Crippen molar-refractivity contribution in [2.45, 2.75) is 105 Å². The van der Waals surface area contributed by atoms with Crippen LogP contribution in [0.1, 0.15) is 99.3 Å². The van der Waals surface area contributed by atoms with Crippen molar-refractivity contribution in [2.75, 3.05) is 0 Å². The first-order chi connectivity index (χ1) is 14.2. The number of hydrogen-bond acceptors (Lipinski definition) is 1. The van der Waals surface area contributed by atoms with Gasteiger partial charge in [-0.05, 0) is 110 Å². The molecule has 4 aliphatic rings. The van der Waals surface area contributed by atoms with Crippen LogP contribution >= 0.6 is 0 Å². The van der Waals surface area contributed by atoms with Gasteiger partial charge in [-0.1, -0.05) is 65.3 Å². The molecule has 0 saturated heterocycles. The zero-order chi connectivity index (χ0) is 21.7. The lowest BCUT2D eigenvalue weighted by Crippen LogP contribution is -2.49. The summed E-state index contributed by atoms with van der Waals surface area (Å²) in [4.78, 5) is 0. The van der Waals surface area contributed by atoms with Gasteiger partial charge in [0, 0.05) is 0 Å². The first-order valence-corrected chi connectivity index (χ1v) is 13.3. The van der Waals surface area contributed by atoms with Gasteiger partial charge in [-0.3, -0.25) is 0 Å². The highest BCUT2D eigenvalue weighted by Gasteiger charge is 2.57. The van der Waals surface area contributed by atoms with E-state index < -0.39 is 0 Å². The van der Waals surface area contributed by atoms with Gasteiger partial charge in [0.15, 0.2) is 0 Å². The van der Waals surface area contributed by atoms with Gasteiger partial charge in [0.25, 0.3) is 0 Å². The minimum atomic E-state index is -0.0480. The van der Waals surface area contributed by atoms with Crippen molar-refractivity contribution < 1.29 is 5.11 Å². The normalized spacial score (nSPS) is 45.6. The number of fused-ring (bicyclic) bond motifs is 5. The minimum absolute atomic E-state index is 0.0480. The van der Waals surface area contributed by atoms with Crippen molar-refractivity contribution in [3.63, 3.8) is 0 Å². The second-order valence-electron chi connectivity index (χ2n) is 12.5. The van der Waals surface area contributed by atoms with E-state index in [9.17, 15) is 5.11 Å². The molecule has 1 heteroatoms. The second-order valence-corrected chi connectivity index (χ2v) is 12.5. The molecule has 9 atom stereocenters. The average Bonchev–Trinajstić information content (AvgIpc) is 3.06. The predicted molar refractivity (Wildman–Crippen MR) is 128 cm³/mol. The first-order valence-electron chi connectivity index (χ1n) is 13.3. The van der Waals surface area contributed by atoms with Crippen molar-refractivity contribution in [3.05, 3.63) is 23.8 Å². The summed E-state index contributed by atoms with van der Waals surface area (Å²) in [6, 6.07) is 0. The van der Waals surface area contributed by atoms with Crippen molar-refractivity contribution in [1.29, 1.82) is 0 Å². The van der Waals surface area contributed by atoms with Gasteiger partial charge >= 0.3 is 0 Å². The molecule has 0 bridgehead atoms. The highest BCUT2D eigenvalue weighted by atomic mass is 16.3. The molecule has 1 nitrogen and oxygen atoms in total. The van der Waals surface area contributed by atoms with Gasteiger partial charge in [0.2, 0.25) is 0 Å². The molecule has 0 amide bonds. The Morgan fingerprint density at radius 1 is 1.00 bits per heavy atom. The van der Waals surface area contributed by atoms with E-state index in [1.807, 2.05) is 5.57 Å². The van der Waals surface area contributed by atoms with Crippen molar-refractivity contribution >= 4 is 0 Å². The summed E-state index contributed by atoms with van der Waals surface area (Å²) in [5.74, 6) is 5.32. The number of allylic oxidation sites excluding steroid dienone is 4.